The zero-order valence-corrected chi connectivity index (χ0v) is 15.6. The summed E-state index contributed by atoms with van der Waals surface area (Å²) < 4.78 is 0. The molecule has 0 spiro atoms. The highest BCUT2D eigenvalue weighted by Gasteiger charge is 2.16. The molecule has 0 bridgehead atoms. The molecule has 30 heavy (non-hydrogen) atoms. The number of hydrogen-bond acceptors (Lipinski definition) is 6. The highest BCUT2D eigenvalue weighted by Crippen LogP contribution is 2.32. The van der Waals surface area contributed by atoms with Gasteiger partial charge in [-0.05, 0) is 35.9 Å². The molecule has 2 N–H and O–H groups in total. The average Bonchev–Trinajstić information content (AvgIpc) is 3.43. The second-order valence-electron chi connectivity index (χ2n) is 6.80. The van der Waals surface area contributed by atoms with Gasteiger partial charge in [0.1, 0.15) is 22.6 Å². The van der Waals surface area contributed by atoms with Crippen LogP contribution >= 0.6 is 0 Å². The maximum absolute atomic E-state index is 4.79. The Kier molecular flexibility index (Phi) is 3.60. The molecule has 8 heteroatoms. The third kappa shape index (κ3) is 2.62. The van der Waals surface area contributed by atoms with Crippen LogP contribution in [0.1, 0.15) is 0 Å². The molecule has 0 saturated heterocycles. The Morgan fingerprint density at radius 1 is 0.800 bits per heavy atom. The van der Waals surface area contributed by atoms with Gasteiger partial charge in [-0.2, -0.15) is 5.10 Å². The SMILES string of the molecule is c1cncc(-c2ccnc3[nH]c(-c4n[nH]c5ccc(-c6cnccn6)nc45)cc23)c1. The van der Waals surface area contributed by atoms with Crippen LogP contribution in [0.5, 0.6) is 0 Å². The number of pyridine rings is 3. The van der Waals surface area contributed by atoms with Crippen molar-refractivity contribution in [3.05, 3.63) is 73.6 Å². The molecule has 0 saturated carbocycles. The number of rotatable bonds is 3. The zero-order valence-electron chi connectivity index (χ0n) is 15.6. The van der Waals surface area contributed by atoms with Gasteiger partial charge < -0.3 is 4.98 Å². The fourth-order valence-electron chi connectivity index (χ4n) is 3.59. The molecular weight excluding hydrogens is 376 g/mol. The predicted octanol–water partition coefficient (Wildman–Crippen LogP) is 4.02. The molecule has 0 aromatic carbocycles. The maximum Gasteiger partial charge on any atom is 0.138 e. The van der Waals surface area contributed by atoms with Gasteiger partial charge in [0.05, 0.1) is 23.1 Å². The molecule has 0 aliphatic rings. The Balaban J connectivity index is 1.52. The van der Waals surface area contributed by atoms with Gasteiger partial charge in [0.2, 0.25) is 0 Å². The molecule has 0 aliphatic carbocycles. The van der Waals surface area contributed by atoms with E-state index in [-0.39, 0.29) is 0 Å². The van der Waals surface area contributed by atoms with Crippen molar-refractivity contribution in [3.8, 4) is 33.9 Å². The van der Waals surface area contributed by atoms with Gasteiger partial charge in [0, 0.05) is 41.9 Å². The summed E-state index contributed by atoms with van der Waals surface area (Å²) in [5.74, 6) is 0. The number of nitrogens with zero attached hydrogens (tertiary/aromatic N) is 6. The van der Waals surface area contributed by atoms with E-state index in [1.54, 1.807) is 31.0 Å². The summed E-state index contributed by atoms with van der Waals surface area (Å²) >= 11 is 0. The zero-order chi connectivity index (χ0) is 19.9. The first-order chi connectivity index (χ1) is 14.9. The Morgan fingerprint density at radius 3 is 2.63 bits per heavy atom. The van der Waals surface area contributed by atoms with E-state index in [1.165, 1.54) is 0 Å². The number of nitrogens with one attached hydrogen (secondary N) is 2. The molecule has 6 heterocycles. The molecule has 0 aliphatic heterocycles. The van der Waals surface area contributed by atoms with Crippen LogP contribution in [0.3, 0.4) is 0 Å². The Labute approximate surface area is 170 Å². The smallest absolute Gasteiger partial charge is 0.138 e. The highest BCUT2D eigenvalue weighted by molar-refractivity contribution is 5.98. The van der Waals surface area contributed by atoms with Crippen molar-refractivity contribution < 1.29 is 0 Å². The summed E-state index contributed by atoms with van der Waals surface area (Å²) in [6.07, 6.45) is 10.4. The molecular formula is C22H14N8. The summed E-state index contributed by atoms with van der Waals surface area (Å²) in [5.41, 5.74) is 7.49. The van der Waals surface area contributed by atoms with Gasteiger partial charge in [-0.25, -0.2) is 9.97 Å². The first-order valence-corrected chi connectivity index (χ1v) is 9.37. The van der Waals surface area contributed by atoms with Crippen molar-refractivity contribution in [3.63, 3.8) is 0 Å². The monoisotopic (exact) mass is 390 g/mol. The Hall–Kier alpha value is -4.46. The lowest BCUT2D eigenvalue weighted by atomic mass is 10.1. The summed E-state index contributed by atoms with van der Waals surface area (Å²) in [5, 5.41) is 8.56. The third-order valence-corrected chi connectivity index (χ3v) is 4.99. The van der Waals surface area contributed by atoms with Gasteiger partial charge in [-0.1, -0.05) is 6.07 Å². The quantitative estimate of drug-likeness (QED) is 0.472. The van der Waals surface area contributed by atoms with Crippen molar-refractivity contribution in [2.75, 3.05) is 0 Å². The van der Waals surface area contributed by atoms with Crippen molar-refractivity contribution in [2.24, 2.45) is 0 Å². The van der Waals surface area contributed by atoms with E-state index in [1.807, 2.05) is 36.5 Å². The van der Waals surface area contributed by atoms with Crippen molar-refractivity contribution in [1.82, 2.24) is 40.1 Å². The first kappa shape index (κ1) is 16.5. The van der Waals surface area contributed by atoms with Crippen LogP contribution in [0.25, 0.3) is 56.0 Å². The lowest BCUT2D eigenvalue weighted by Crippen LogP contribution is -1.89. The molecule has 8 nitrogen and oxygen atoms in total. The molecule has 0 fully saturated rings. The van der Waals surface area contributed by atoms with Crippen LogP contribution in [0, 0.1) is 0 Å². The van der Waals surface area contributed by atoms with E-state index in [2.05, 4.69) is 41.2 Å². The number of H-pyrrole nitrogens is 2. The minimum absolute atomic E-state index is 0.712. The molecule has 0 amide bonds. The van der Waals surface area contributed by atoms with Crippen LogP contribution < -0.4 is 0 Å². The third-order valence-electron chi connectivity index (χ3n) is 4.99. The number of fused-ring (bicyclic) bond motifs is 2. The van der Waals surface area contributed by atoms with Crippen LogP contribution in [-0.4, -0.2) is 40.1 Å². The lowest BCUT2D eigenvalue weighted by Gasteiger charge is -2.01. The fourth-order valence-corrected chi connectivity index (χ4v) is 3.59. The van der Waals surface area contributed by atoms with Crippen LogP contribution in [0.2, 0.25) is 0 Å². The molecule has 142 valence electrons. The summed E-state index contributed by atoms with van der Waals surface area (Å²) in [6.45, 7) is 0. The van der Waals surface area contributed by atoms with E-state index in [9.17, 15) is 0 Å². The minimum Gasteiger partial charge on any atom is -0.338 e. The topological polar surface area (TPSA) is 109 Å². The Morgan fingerprint density at radius 2 is 1.77 bits per heavy atom. The van der Waals surface area contributed by atoms with Gasteiger partial charge in [-0.15, -0.1) is 0 Å². The molecule has 6 rings (SSSR count). The van der Waals surface area contributed by atoms with Crippen LogP contribution in [0.4, 0.5) is 0 Å². The van der Waals surface area contributed by atoms with Gasteiger partial charge >= 0.3 is 0 Å². The number of aromatic nitrogens is 8. The van der Waals surface area contributed by atoms with Crippen molar-refractivity contribution >= 4 is 22.1 Å². The second kappa shape index (κ2) is 6.56. The van der Waals surface area contributed by atoms with Crippen molar-refractivity contribution in [2.45, 2.75) is 0 Å². The standard InChI is InChI=1S/C22H14N8/c1-2-13(11-23-6-1)14-5-7-26-22-15(14)10-18(28-22)21-20-17(29-30-21)4-3-16(27-20)19-12-24-8-9-25-19/h1-12H,(H,26,28)(H,29,30). The summed E-state index contributed by atoms with van der Waals surface area (Å²) in [6, 6.07) is 11.9. The van der Waals surface area contributed by atoms with Gasteiger partial charge in [-0.3, -0.25) is 20.1 Å². The van der Waals surface area contributed by atoms with Crippen LogP contribution in [-0.2, 0) is 0 Å². The largest absolute Gasteiger partial charge is 0.338 e. The average molecular weight is 390 g/mol. The minimum atomic E-state index is 0.712. The first-order valence-electron chi connectivity index (χ1n) is 9.37. The number of hydrogen-bond donors (Lipinski definition) is 2. The van der Waals surface area contributed by atoms with E-state index < -0.39 is 0 Å². The maximum atomic E-state index is 4.79. The predicted molar refractivity (Wildman–Crippen MR) is 113 cm³/mol. The normalized spacial score (nSPS) is 11.3. The van der Waals surface area contributed by atoms with E-state index in [4.69, 9.17) is 4.98 Å². The lowest BCUT2D eigenvalue weighted by molar-refractivity contribution is 1.12. The summed E-state index contributed by atoms with van der Waals surface area (Å²) in [4.78, 5) is 25.4. The second-order valence-corrected chi connectivity index (χ2v) is 6.80. The van der Waals surface area contributed by atoms with Crippen molar-refractivity contribution in [1.29, 1.82) is 0 Å². The number of aromatic amines is 2. The highest BCUT2D eigenvalue weighted by atomic mass is 15.1. The fraction of sp³-hybridized carbons (Fsp3) is 0. The Bertz CT molecular complexity index is 1490. The van der Waals surface area contributed by atoms with Gasteiger partial charge in [0.25, 0.3) is 0 Å². The molecule has 0 radical (unpaired) electrons. The molecule has 6 aromatic rings. The summed E-state index contributed by atoms with van der Waals surface area (Å²) in [7, 11) is 0. The molecule has 0 unspecified atom stereocenters. The van der Waals surface area contributed by atoms with E-state index in [0.29, 0.717) is 5.69 Å². The van der Waals surface area contributed by atoms with Gasteiger partial charge in [0.15, 0.2) is 0 Å². The molecule has 6 aromatic heterocycles. The van der Waals surface area contributed by atoms with E-state index in [0.717, 1.165) is 50.3 Å². The van der Waals surface area contributed by atoms with E-state index >= 15 is 0 Å². The van der Waals surface area contributed by atoms with Crippen LogP contribution in [0.15, 0.2) is 73.6 Å². The molecule has 0 atom stereocenters.